The maximum atomic E-state index is 13.7. The molecular weight excluding hydrogens is 424 g/mol. The van der Waals surface area contributed by atoms with E-state index in [0.717, 1.165) is 22.4 Å². The van der Waals surface area contributed by atoms with Crippen molar-refractivity contribution in [2.24, 2.45) is 0 Å². The first kappa shape index (κ1) is 23.3. The molecule has 0 saturated heterocycles. The molecule has 0 bridgehead atoms. The Labute approximate surface area is 201 Å². The van der Waals surface area contributed by atoms with Crippen molar-refractivity contribution in [1.82, 2.24) is 4.90 Å². The Balaban J connectivity index is 1.77. The van der Waals surface area contributed by atoms with Crippen LogP contribution in [0.4, 0.5) is 5.69 Å². The predicted octanol–water partition coefficient (Wildman–Crippen LogP) is 5.51. The number of rotatable bonds is 7. The van der Waals surface area contributed by atoms with Gasteiger partial charge in [0.25, 0.3) is 11.8 Å². The van der Waals surface area contributed by atoms with Crippen LogP contribution in [0.1, 0.15) is 36.1 Å². The zero-order valence-electron chi connectivity index (χ0n) is 20.3. The molecule has 3 aromatic rings. The Morgan fingerprint density at radius 1 is 0.853 bits per heavy atom. The van der Waals surface area contributed by atoms with Gasteiger partial charge in [-0.25, -0.2) is 4.90 Å². The van der Waals surface area contributed by atoms with E-state index >= 15 is 0 Å². The second kappa shape index (κ2) is 9.56. The van der Waals surface area contributed by atoms with Crippen molar-refractivity contribution in [3.05, 3.63) is 101 Å². The number of carbonyl (C=O) groups excluding carboxylic acids is 2. The van der Waals surface area contributed by atoms with Crippen molar-refractivity contribution in [1.29, 1.82) is 0 Å². The minimum atomic E-state index is -0.319. The number of amides is 2. The van der Waals surface area contributed by atoms with E-state index in [1.54, 1.807) is 0 Å². The average molecular weight is 455 g/mol. The summed E-state index contributed by atoms with van der Waals surface area (Å²) in [5.74, 6) is 0.0891. The van der Waals surface area contributed by atoms with Crippen molar-refractivity contribution in [3.63, 3.8) is 0 Å². The quantitative estimate of drug-likeness (QED) is 0.442. The van der Waals surface area contributed by atoms with Gasteiger partial charge >= 0.3 is 0 Å². The summed E-state index contributed by atoms with van der Waals surface area (Å²) < 4.78 is 5.76. The third-order valence-electron chi connectivity index (χ3n) is 5.97. The largest absolute Gasteiger partial charge is 0.491 e. The first-order valence-electron chi connectivity index (χ1n) is 11.5. The van der Waals surface area contributed by atoms with E-state index in [-0.39, 0.29) is 17.9 Å². The molecule has 1 aliphatic rings. The van der Waals surface area contributed by atoms with E-state index in [9.17, 15) is 9.59 Å². The van der Waals surface area contributed by atoms with Gasteiger partial charge in [0.15, 0.2) is 0 Å². The van der Waals surface area contributed by atoms with Gasteiger partial charge in [0.1, 0.15) is 11.4 Å². The Kier molecular flexibility index (Phi) is 6.55. The Morgan fingerprint density at radius 3 is 2.15 bits per heavy atom. The molecule has 0 radical (unpaired) electrons. The Bertz CT molecular complexity index is 1240. The zero-order valence-corrected chi connectivity index (χ0v) is 20.3. The highest BCUT2D eigenvalue weighted by molar-refractivity contribution is 6.45. The van der Waals surface area contributed by atoms with E-state index in [2.05, 4.69) is 0 Å². The summed E-state index contributed by atoms with van der Waals surface area (Å²) in [5, 5.41) is 0. The molecule has 0 N–H and O–H groups in total. The molecule has 0 aromatic heterocycles. The third-order valence-corrected chi connectivity index (χ3v) is 5.97. The van der Waals surface area contributed by atoms with Crippen molar-refractivity contribution >= 4 is 23.1 Å². The molecule has 1 aliphatic heterocycles. The molecule has 174 valence electrons. The summed E-state index contributed by atoms with van der Waals surface area (Å²) in [4.78, 5) is 30.6. The number of ether oxygens (including phenoxy) is 1. The normalized spacial score (nSPS) is 13.8. The number of anilines is 1. The zero-order chi connectivity index (χ0) is 24.4. The second-order valence-electron chi connectivity index (χ2n) is 8.97. The van der Waals surface area contributed by atoms with Crippen molar-refractivity contribution in [3.8, 4) is 5.75 Å². The summed E-state index contributed by atoms with van der Waals surface area (Å²) in [6.45, 7) is 8.43. The molecular formula is C29H30N2O3. The maximum absolute atomic E-state index is 13.7. The molecule has 0 aliphatic carbocycles. The molecule has 2 amide bonds. The standard InChI is InChI=1S/C29H30N2O3/c1-19(2)34-25-15-12-23(13-16-25)26-27(30(5)18-22-9-7-6-8-10-22)29(33)31(28(26)32)24-14-11-20(3)21(4)17-24/h6-17,19H,18H2,1-5H3. The van der Waals surface area contributed by atoms with E-state index < -0.39 is 0 Å². The van der Waals surface area contributed by atoms with Crippen LogP contribution in [0.15, 0.2) is 78.5 Å². The fraction of sp³-hybridized carbons (Fsp3) is 0.241. The number of imide groups is 1. The summed E-state index contributed by atoms with van der Waals surface area (Å²) >= 11 is 0. The van der Waals surface area contributed by atoms with Crippen LogP contribution < -0.4 is 9.64 Å². The van der Waals surface area contributed by atoms with Crippen LogP contribution >= 0.6 is 0 Å². The van der Waals surface area contributed by atoms with E-state index in [1.807, 2.05) is 112 Å². The summed E-state index contributed by atoms with van der Waals surface area (Å²) in [5.41, 5.74) is 5.26. The molecule has 0 fully saturated rings. The van der Waals surface area contributed by atoms with Gasteiger partial charge in [-0.1, -0.05) is 48.5 Å². The van der Waals surface area contributed by atoms with Gasteiger partial charge < -0.3 is 9.64 Å². The molecule has 1 heterocycles. The first-order valence-corrected chi connectivity index (χ1v) is 11.5. The molecule has 0 saturated carbocycles. The smallest absolute Gasteiger partial charge is 0.282 e. The maximum Gasteiger partial charge on any atom is 0.282 e. The highest BCUT2D eigenvalue weighted by Crippen LogP contribution is 2.36. The van der Waals surface area contributed by atoms with Crippen LogP contribution in [0.5, 0.6) is 5.75 Å². The lowest BCUT2D eigenvalue weighted by atomic mass is 10.0. The highest BCUT2D eigenvalue weighted by Gasteiger charge is 2.41. The third kappa shape index (κ3) is 4.60. The van der Waals surface area contributed by atoms with Gasteiger partial charge in [-0.2, -0.15) is 0 Å². The highest BCUT2D eigenvalue weighted by atomic mass is 16.5. The number of hydrogen-bond acceptors (Lipinski definition) is 4. The van der Waals surface area contributed by atoms with Crippen molar-refractivity contribution in [2.45, 2.75) is 40.3 Å². The van der Waals surface area contributed by atoms with Crippen molar-refractivity contribution in [2.75, 3.05) is 11.9 Å². The first-order chi connectivity index (χ1) is 16.3. The van der Waals surface area contributed by atoms with Gasteiger partial charge in [0, 0.05) is 13.6 Å². The summed E-state index contributed by atoms with van der Waals surface area (Å²) in [7, 11) is 1.85. The van der Waals surface area contributed by atoms with Gasteiger partial charge in [0.2, 0.25) is 0 Å². The van der Waals surface area contributed by atoms with Crippen LogP contribution in [0.3, 0.4) is 0 Å². The monoisotopic (exact) mass is 454 g/mol. The van der Waals surface area contributed by atoms with Crippen LogP contribution in [0.25, 0.3) is 5.57 Å². The van der Waals surface area contributed by atoms with E-state index in [0.29, 0.717) is 29.1 Å². The fourth-order valence-corrected chi connectivity index (χ4v) is 4.14. The molecule has 5 nitrogen and oxygen atoms in total. The molecule has 4 rings (SSSR count). The van der Waals surface area contributed by atoms with Gasteiger partial charge in [0.05, 0.1) is 17.4 Å². The topological polar surface area (TPSA) is 49.9 Å². The molecule has 0 unspecified atom stereocenters. The van der Waals surface area contributed by atoms with E-state index in [1.165, 1.54) is 4.90 Å². The minimum absolute atomic E-state index is 0.0487. The number of hydrogen-bond donors (Lipinski definition) is 0. The lowest BCUT2D eigenvalue weighted by Gasteiger charge is -2.22. The minimum Gasteiger partial charge on any atom is -0.491 e. The number of aryl methyl sites for hydroxylation is 2. The van der Waals surface area contributed by atoms with Gasteiger partial charge in [-0.15, -0.1) is 0 Å². The molecule has 0 spiro atoms. The molecule has 0 atom stereocenters. The average Bonchev–Trinajstić information content (AvgIpc) is 3.06. The number of likely N-dealkylation sites (N-methyl/N-ethyl adjacent to an activating group) is 1. The van der Waals surface area contributed by atoms with Crippen molar-refractivity contribution < 1.29 is 14.3 Å². The van der Waals surface area contributed by atoms with E-state index in [4.69, 9.17) is 4.74 Å². The Hall–Kier alpha value is -3.86. The molecule has 34 heavy (non-hydrogen) atoms. The second-order valence-corrected chi connectivity index (χ2v) is 8.97. The summed E-state index contributed by atoms with van der Waals surface area (Å²) in [6.07, 6.45) is 0.0487. The number of nitrogens with zero attached hydrogens (tertiary/aromatic N) is 2. The lowest BCUT2D eigenvalue weighted by Crippen LogP contribution is -2.34. The molecule has 5 heteroatoms. The Morgan fingerprint density at radius 2 is 1.53 bits per heavy atom. The summed E-state index contributed by atoms with van der Waals surface area (Å²) in [6, 6.07) is 22.9. The van der Waals surface area contributed by atoms with Crippen LogP contribution in [-0.2, 0) is 16.1 Å². The molecule has 3 aromatic carbocycles. The van der Waals surface area contributed by atoms with Crippen LogP contribution in [-0.4, -0.2) is 29.9 Å². The number of benzene rings is 3. The van der Waals surface area contributed by atoms with Crippen LogP contribution in [0, 0.1) is 13.8 Å². The lowest BCUT2D eigenvalue weighted by molar-refractivity contribution is -0.120. The predicted molar refractivity (Wildman–Crippen MR) is 135 cm³/mol. The SMILES string of the molecule is Cc1ccc(N2C(=O)C(c3ccc(OC(C)C)cc3)=C(N(C)Cc3ccccc3)C2=O)cc1C. The van der Waals surface area contributed by atoms with Gasteiger partial charge in [-0.3, -0.25) is 9.59 Å². The fourth-order valence-electron chi connectivity index (χ4n) is 4.14. The number of carbonyl (C=O) groups is 2. The van der Waals surface area contributed by atoms with Crippen LogP contribution in [0.2, 0.25) is 0 Å². The van der Waals surface area contributed by atoms with Gasteiger partial charge in [-0.05, 0) is 74.2 Å².